The van der Waals surface area contributed by atoms with Crippen molar-refractivity contribution in [2.24, 2.45) is 11.8 Å². The summed E-state index contributed by atoms with van der Waals surface area (Å²) in [5.74, 6) is 6.53. The van der Waals surface area contributed by atoms with E-state index in [1.807, 2.05) is 29.2 Å². The highest BCUT2D eigenvalue weighted by atomic mass is 32.2. The standard InChI is InChI=1S/C32H39N3O6S/c1-40-31(36)17-7-23-4-2-22(3-5-23)6-8-24-13-16-28(20-29(24)33)42(38,39)34-27-14-11-26(12-15-27)32(37)35-18-19-41-21-30(35)25-9-10-25/h2-5,13,16,20,25-27,30,34H,7,9-12,14-15,17-19,21,33H2,1H3/t26-,27-,30?. The van der Waals surface area contributed by atoms with Gasteiger partial charge >= 0.3 is 5.97 Å². The first kappa shape index (κ1) is 30.1. The van der Waals surface area contributed by atoms with Gasteiger partial charge in [-0.1, -0.05) is 24.0 Å². The summed E-state index contributed by atoms with van der Waals surface area (Å²) in [6.07, 6.45) is 5.82. The van der Waals surface area contributed by atoms with Crippen molar-refractivity contribution in [1.82, 2.24) is 9.62 Å². The number of carbonyl (C=O) groups is 2. The maximum Gasteiger partial charge on any atom is 0.305 e. The quantitative estimate of drug-likeness (QED) is 0.273. The number of benzene rings is 2. The fraction of sp³-hybridized carbons (Fsp3) is 0.500. The molecule has 3 fully saturated rings. The number of nitrogens with zero attached hydrogens (tertiary/aromatic N) is 1. The second kappa shape index (κ2) is 13.3. The van der Waals surface area contributed by atoms with Crippen molar-refractivity contribution in [3.05, 3.63) is 59.2 Å². The number of ether oxygens (including phenoxy) is 2. The third-order valence-corrected chi connectivity index (χ3v) is 10.0. The van der Waals surface area contributed by atoms with Crippen molar-refractivity contribution in [3.8, 4) is 11.8 Å². The largest absolute Gasteiger partial charge is 0.469 e. The first-order chi connectivity index (χ1) is 20.2. The van der Waals surface area contributed by atoms with Gasteiger partial charge in [0, 0.05) is 41.7 Å². The number of rotatable bonds is 8. The van der Waals surface area contributed by atoms with Crippen LogP contribution in [0.4, 0.5) is 5.69 Å². The normalized spacial score (nSPS) is 22.6. The maximum absolute atomic E-state index is 13.3. The van der Waals surface area contributed by atoms with Crippen molar-refractivity contribution in [3.63, 3.8) is 0 Å². The number of esters is 1. The lowest BCUT2D eigenvalue weighted by atomic mass is 9.85. The molecule has 1 heterocycles. The number of aryl methyl sites for hydroxylation is 1. The Hall–Kier alpha value is -3.39. The maximum atomic E-state index is 13.3. The first-order valence-corrected chi connectivity index (χ1v) is 16.2. The monoisotopic (exact) mass is 593 g/mol. The van der Waals surface area contributed by atoms with E-state index in [9.17, 15) is 18.0 Å². The number of sulfonamides is 1. The summed E-state index contributed by atoms with van der Waals surface area (Å²) in [5, 5.41) is 0. The number of hydrogen-bond acceptors (Lipinski definition) is 7. The fourth-order valence-electron chi connectivity index (χ4n) is 5.81. The zero-order valence-electron chi connectivity index (χ0n) is 24.0. The highest BCUT2D eigenvalue weighted by Gasteiger charge is 2.41. The minimum absolute atomic E-state index is 0.0605. The van der Waals surface area contributed by atoms with E-state index in [-0.39, 0.29) is 40.5 Å². The molecule has 3 N–H and O–H groups in total. The average molecular weight is 594 g/mol. The average Bonchev–Trinajstić information content (AvgIpc) is 3.85. The highest BCUT2D eigenvalue weighted by Crippen LogP contribution is 2.38. The van der Waals surface area contributed by atoms with Crippen LogP contribution in [0.5, 0.6) is 0 Å². The molecule has 10 heteroatoms. The molecule has 2 saturated carbocycles. The molecular formula is C32H39N3O6S. The van der Waals surface area contributed by atoms with Gasteiger partial charge in [-0.05, 0) is 86.8 Å². The number of morpholine rings is 1. The van der Waals surface area contributed by atoms with Crippen LogP contribution < -0.4 is 10.5 Å². The van der Waals surface area contributed by atoms with Gasteiger partial charge in [-0.3, -0.25) is 9.59 Å². The number of hydrogen-bond donors (Lipinski definition) is 2. The van der Waals surface area contributed by atoms with Gasteiger partial charge in [0.2, 0.25) is 15.9 Å². The van der Waals surface area contributed by atoms with E-state index >= 15 is 0 Å². The van der Waals surface area contributed by atoms with E-state index in [2.05, 4.69) is 21.3 Å². The lowest BCUT2D eigenvalue weighted by Crippen LogP contribution is -2.52. The van der Waals surface area contributed by atoms with Crippen molar-refractivity contribution >= 4 is 27.6 Å². The zero-order chi connectivity index (χ0) is 29.7. The number of carbonyl (C=O) groups excluding carboxylic acids is 2. The smallest absolute Gasteiger partial charge is 0.305 e. The molecule has 42 heavy (non-hydrogen) atoms. The highest BCUT2D eigenvalue weighted by molar-refractivity contribution is 7.89. The third-order valence-electron chi connectivity index (χ3n) is 8.49. The fourth-order valence-corrected chi connectivity index (χ4v) is 7.15. The summed E-state index contributed by atoms with van der Waals surface area (Å²) in [4.78, 5) is 26.7. The SMILES string of the molecule is COC(=O)CCc1ccc(C#Cc2ccc(S(=O)(=O)N[C@H]3CC[C@H](C(=O)N4CCOCC4C4CC4)CC3)cc2N)cc1. The van der Waals surface area contributed by atoms with Crippen molar-refractivity contribution in [1.29, 1.82) is 0 Å². The van der Waals surface area contributed by atoms with Crippen LogP contribution in [0.2, 0.25) is 0 Å². The summed E-state index contributed by atoms with van der Waals surface area (Å²) in [6.45, 7) is 1.87. The minimum atomic E-state index is -3.78. The van der Waals surface area contributed by atoms with Crippen LogP contribution in [-0.4, -0.2) is 64.1 Å². The molecule has 1 amide bonds. The predicted molar refractivity (Wildman–Crippen MR) is 159 cm³/mol. The van der Waals surface area contributed by atoms with Crippen LogP contribution in [0.15, 0.2) is 47.4 Å². The molecule has 1 aliphatic heterocycles. The van der Waals surface area contributed by atoms with E-state index in [0.29, 0.717) is 69.8 Å². The summed E-state index contributed by atoms with van der Waals surface area (Å²) < 4.78 is 39.4. The van der Waals surface area contributed by atoms with E-state index in [1.165, 1.54) is 32.1 Å². The molecule has 5 rings (SSSR count). The van der Waals surface area contributed by atoms with Gasteiger partial charge in [0.15, 0.2) is 0 Å². The number of nitrogens with one attached hydrogen (secondary N) is 1. The number of nitrogens with two attached hydrogens (primary N) is 1. The molecule has 2 aromatic rings. The Labute approximate surface area is 248 Å². The van der Waals surface area contributed by atoms with Crippen molar-refractivity contribution in [2.75, 3.05) is 32.6 Å². The van der Waals surface area contributed by atoms with Crippen LogP contribution in [-0.2, 0) is 35.5 Å². The summed E-state index contributed by atoms with van der Waals surface area (Å²) in [7, 11) is -2.41. The minimum Gasteiger partial charge on any atom is -0.469 e. The van der Waals surface area contributed by atoms with Crippen LogP contribution >= 0.6 is 0 Å². The molecule has 9 nitrogen and oxygen atoms in total. The van der Waals surface area contributed by atoms with Crippen LogP contribution in [0, 0.1) is 23.7 Å². The molecule has 2 aliphatic carbocycles. The molecule has 224 valence electrons. The Bertz CT molecular complexity index is 1450. The Morgan fingerprint density at radius 1 is 1.05 bits per heavy atom. The van der Waals surface area contributed by atoms with Gasteiger partial charge in [-0.2, -0.15) is 0 Å². The Morgan fingerprint density at radius 2 is 1.79 bits per heavy atom. The Balaban J connectivity index is 1.14. The molecule has 0 spiro atoms. The van der Waals surface area contributed by atoms with Crippen LogP contribution in [0.3, 0.4) is 0 Å². The Kier molecular flexibility index (Phi) is 9.51. The Morgan fingerprint density at radius 3 is 2.45 bits per heavy atom. The van der Waals surface area contributed by atoms with Gasteiger partial charge in [0.1, 0.15) is 0 Å². The molecule has 1 saturated heterocycles. The lowest BCUT2D eigenvalue weighted by Gasteiger charge is -2.39. The topological polar surface area (TPSA) is 128 Å². The summed E-state index contributed by atoms with van der Waals surface area (Å²) in [6, 6.07) is 12.1. The number of amides is 1. The third kappa shape index (κ3) is 7.51. The van der Waals surface area contributed by atoms with Gasteiger partial charge in [0.25, 0.3) is 0 Å². The van der Waals surface area contributed by atoms with E-state index in [1.54, 1.807) is 6.07 Å². The summed E-state index contributed by atoms with van der Waals surface area (Å²) >= 11 is 0. The van der Waals surface area contributed by atoms with Gasteiger partial charge in [-0.25, -0.2) is 13.1 Å². The lowest BCUT2D eigenvalue weighted by molar-refractivity contribution is -0.146. The molecule has 0 bridgehead atoms. The summed E-state index contributed by atoms with van der Waals surface area (Å²) in [5.41, 5.74) is 8.79. The van der Waals surface area contributed by atoms with Crippen molar-refractivity contribution in [2.45, 2.75) is 68.3 Å². The number of methoxy groups -OCH3 is 1. The zero-order valence-corrected chi connectivity index (χ0v) is 24.8. The van der Waals surface area contributed by atoms with Crippen LogP contribution in [0.1, 0.15) is 61.6 Å². The van der Waals surface area contributed by atoms with E-state index in [4.69, 9.17) is 10.5 Å². The number of anilines is 1. The number of nitrogen functional groups attached to an aromatic ring is 1. The van der Waals surface area contributed by atoms with Gasteiger partial charge in [-0.15, -0.1) is 0 Å². The molecule has 0 radical (unpaired) electrons. The van der Waals surface area contributed by atoms with E-state index < -0.39 is 10.0 Å². The van der Waals surface area contributed by atoms with Gasteiger partial charge < -0.3 is 20.1 Å². The molecule has 2 aromatic carbocycles. The molecular weight excluding hydrogens is 554 g/mol. The molecule has 0 aromatic heterocycles. The molecule has 3 aliphatic rings. The van der Waals surface area contributed by atoms with E-state index in [0.717, 1.165) is 11.1 Å². The van der Waals surface area contributed by atoms with Crippen LogP contribution in [0.25, 0.3) is 0 Å². The molecule has 1 unspecified atom stereocenters. The predicted octanol–water partition coefficient (Wildman–Crippen LogP) is 3.25. The second-order valence-corrected chi connectivity index (χ2v) is 13.2. The van der Waals surface area contributed by atoms with Crippen molar-refractivity contribution < 1.29 is 27.5 Å². The first-order valence-electron chi connectivity index (χ1n) is 14.7. The molecule has 1 atom stereocenters. The van der Waals surface area contributed by atoms with Gasteiger partial charge in [0.05, 0.1) is 31.3 Å². The second-order valence-electron chi connectivity index (χ2n) is 11.5.